The molecule has 0 amide bonds. The van der Waals surface area contributed by atoms with Crippen LogP contribution in [0.1, 0.15) is 11.3 Å². The van der Waals surface area contributed by atoms with Crippen molar-refractivity contribution in [1.29, 1.82) is 0 Å². The standard InChI is InChI=1S/C7H9N3/c1-3-6-5-9-10(2)7(6)4-8/h1,5H,4,8H2,2H3. The third kappa shape index (κ3) is 0.893. The highest BCUT2D eigenvalue weighted by Crippen LogP contribution is 2.03. The predicted molar refractivity (Wildman–Crippen MR) is 39.0 cm³/mol. The summed E-state index contributed by atoms with van der Waals surface area (Å²) < 4.78 is 1.69. The van der Waals surface area contributed by atoms with E-state index in [2.05, 4.69) is 11.0 Å². The minimum absolute atomic E-state index is 0.441. The van der Waals surface area contributed by atoms with E-state index in [0.29, 0.717) is 6.54 Å². The van der Waals surface area contributed by atoms with Crippen molar-refractivity contribution in [3.8, 4) is 12.3 Å². The summed E-state index contributed by atoms with van der Waals surface area (Å²) in [7, 11) is 1.82. The Morgan fingerprint density at radius 1 is 1.90 bits per heavy atom. The Labute approximate surface area is 59.8 Å². The third-order valence-corrected chi connectivity index (χ3v) is 1.41. The summed E-state index contributed by atoms with van der Waals surface area (Å²) in [6.45, 7) is 0.441. The first-order chi connectivity index (χ1) is 4.79. The molecule has 1 aromatic rings. The minimum atomic E-state index is 0.441. The van der Waals surface area contributed by atoms with E-state index < -0.39 is 0 Å². The zero-order chi connectivity index (χ0) is 7.56. The van der Waals surface area contributed by atoms with Gasteiger partial charge in [0.2, 0.25) is 0 Å². The number of aryl methyl sites for hydroxylation is 1. The van der Waals surface area contributed by atoms with Crippen LogP contribution in [0.15, 0.2) is 6.20 Å². The Morgan fingerprint density at radius 3 is 3.00 bits per heavy atom. The van der Waals surface area contributed by atoms with E-state index in [-0.39, 0.29) is 0 Å². The predicted octanol–water partition coefficient (Wildman–Crippen LogP) is -0.140. The van der Waals surface area contributed by atoms with E-state index >= 15 is 0 Å². The maximum absolute atomic E-state index is 5.42. The van der Waals surface area contributed by atoms with Crippen LogP contribution in [0.4, 0.5) is 0 Å². The lowest BCUT2D eigenvalue weighted by molar-refractivity contribution is 0.711. The lowest BCUT2D eigenvalue weighted by Gasteiger charge is -1.95. The zero-order valence-electron chi connectivity index (χ0n) is 5.83. The van der Waals surface area contributed by atoms with E-state index in [9.17, 15) is 0 Å². The number of aromatic nitrogens is 2. The van der Waals surface area contributed by atoms with Gasteiger partial charge in [-0.15, -0.1) is 6.42 Å². The third-order valence-electron chi connectivity index (χ3n) is 1.41. The molecule has 2 N–H and O–H groups in total. The highest BCUT2D eigenvalue weighted by Gasteiger charge is 2.01. The average molecular weight is 135 g/mol. The van der Waals surface area contributed by atoms with E-state index in [1.54, 1.807) is 10.9 Å². The molecule has 0 saturated heterocycles. The van der Waals surface area contributed by atoms with Crippen molar-refractivity contribution in [2.45, 2.75) is 6.54 Å². The van der Waals surface area contributed by atoms with Gasteiger partial charge in [-0.25, -0.2) is 0 Å². The van der Waals surface area contributed by atoms with Crippen LogP contribution in [-0.4, -0.2) is 9.78 Å². The molecule has 0 atom stereocenters. The van der Waals surface area contributed by atoms with Gasteiger partial charge in [0, 0.05) is 13.6 Å². The number of hydrogen-bond donors (Lipinski definition) is 1. The fourth-order valence-corrected chi connectivity index (χ4v) is 0.826. The van der Waals surface area contributed by atoms with Crippen molar-refractivity contribution in [3.05, 3.63) is 17.5 Å². The quantitative estimate of drug-likeness (QED) is 0.545. The molecule has 0 aliphatic heterocycles. The van der Waals surface area contributed by atoms with Crippen molar-refractivity contribution in [3.63, 3.8) is 0 Å². The van der Waals surface area contributed by atoms with E-state index in [1.165, 1.54) is 0 Å². The molecule has 0 bridgehead atoms. The molecular formula is C7H9N3. The number of rotatable bonds is 1. The van der Waals surface area contributed by atoms with Gasteiger partial charge in [0.1, 0.15) is 0 Å². The maximum atomic E-state index is 5.42. The van der Waals surface area contributed by atoms with Crippen molar-refractivity contribution in [2.75, 3.05) is 0 Å². The monoisotopic (exact) mass is 135 g/mol. The van der Waals surface area contributed by atoms with Gasteiger partial charge in [-0.05, 0) is 0 Å². The lowest BCUT2D eigenvalue weighted by Crippen LogP contribution is -2.05. The highest BCUT2D eigenvalue weighted by atomic mass is 15.3. The van der Waals surface area contributed by atoms with Gasteiger partial charge in [-0.1, -0.05) is 5.92 Å². The van der Waals surface area contributed by atoms with Crippen LogP contribution in [0, 0.1) is 12.3 Å². The second kappa shape index (κ2) is 2.54. The molecule has 0 fully saturated rings. The van der Waals surface area contributed by atoms with Gasteiger partial charge in [-0.2, -0.15) is 5.10 Å². The van der Waals surface area contributed by atoms with Crippen LogP contribution < -0.4 is 5.73 Å². The minimum Gasteiger partial charge on any atom is -0.325 e. The molecule has 1 aromatic heterocycles. The summed E-state index contributed by atoms with van der Waals surface area (Å²) in [5, 5.41) is 3.95. The van der Waals surface area contributed by atoms with Gasteiger partial charge in [0.25, 0.3) is 0 Å². The topological polar surface area (TPSA) is 43.8 Å². The van der Waals surface area contributed by atoms with Crippen molar-refractivity contribution in [2.24, 2.45) is 12.8 Å². The molecule has 0 spiro atoms. The second-order valence-corrected chi connectivity index (χ2v) is 1.98. The molecule has 0 radical (unpaired) electrons. The Balaban J connectivity index is 3.16. The summed E-state index contributed by atoms with van der Waals surface area (Å²) in [6.07, 6.45) is 6.82. The molecule has 1 rings (SSSR count). The van der Waals surface area contributed by atoms with Crippen LogP contribution in [0.25, 0.3) is 0 Å². The summed E-state index contributed by atoms with van der Waals surface area (Å²) in [5.41, 5.74) is 7.10. The Hall–Kier alpha value is -1.27. The van der Waals surface area contributed by atoms with Gasteiger partial charge < -0.3 is 5.73 Å². The molecule has 3 nitrogen and oxygen atoms in total. The molecule has 0 aliphatic carbocycles. The van der Waals surface area contributed by atoms with Gasteiger partial charge in [0.05, 0.1) is 17.5 Å². The van der Waals surface area contributed by atoms with Crippen LogP contribution in [0.2, 0.25) is 0 Å². The van der Waals surface area contributed by atoms with Gasteiger partial charge >= 0.3 is 0 Å². The summed E-state index contributed by atoms with van der Waals surface area (Å²) in [4.78, 5) is 0. The molecule has 0 unspecified atom stereocenters. The molecular weight excluding hydrogens is 126 g/mol. The molecule has 0 aromatic carbocycles. The van der Waals surface area contributed by atoms with Crippen LogP contribution in [0.3, 0.4) is 0 Å². The van der Waals surface area contributed by atoms with Gasteiger partial charge in [-0.3, -0.25) is 4.68 Å². The largest absolute Gasteiger partial charge is 0.325 e. The smallest absolute Gasteiger partial charge is 0.0672 e. The average Bonchev–Trinajstić information content (AvgIpc) is 2.30. The Morgan fingerprint density at radius 2 is 2.60 bits per heavy atom. The Bertz CT molecular complexity index is 267. The van der Waals surface area contributed by atoms with Crippen molar-refractivity contribution >= 4 is 0 Å². The van der Waals surface area contributed by atoms with Crippen molar-refractivity contribution in [1.82, 2.24) is 9.78 Å². The van der Waals surface area contributed by atoms with Crippen LogP contribution >= 0.6 is 0 Å². The Kier molecular flexibility index (Phi) is 1.74. The first-order valence-corrected chi connectivity index (χ1v) is 2.97. The van der Waals surface area contributed by atoms with Crippen molar-refractivity contribution < 1.29 is 0 Å². The second-order valence-electron chi connectivity index (χ2n) is 1.98. The van der Waals surface area contributed by atoms with E-state index in [0.717, 1.165) is 11.3 Å². The van der Waals surface area contributed by atoms with E-state index in [1.807, 2.05) is 7.05 Å². The molecule has 0 aliphatic rings. The summed E-state index contributed by atoms with van der Waals surface area (Å²) in [6, 6.07) is 0. The number of terminal acetylenes is 1. The van der Waals surface area contributed by atoms with E-state index in [4.69, 9.17) is 12.2 Å². The fraction of sp³-hybridized carbons (Fsp3) is 0.286. The summed E-state index contributed by atoms with van der Waals surface area (Å²) >= 11 is 0. The zero-order valence-corrected chi connectivity index (χ0v) is 5.83. The first kappa shape index (κ1) is 6.84. The molecule has 0 saturated carbocycles. The molecule has 3 heteroatoms. The molecule has 1 heterocycles. The lowest BCUT2D eigenvalue weighted by atomic mass is 10.2. The normalized spacial score (nSPS) is 9.30. The summed E-state index contributed by atoms with van der Waals surface area (Å²) in [5.74, 6) is 2.50. The molecule has 52 valence electrons. The molecule has 10 heavy (non-hydrogen) atoms. The number of nitrogens with zero attached hydrogens (tertiary/aromatic N) is 2. The highest BCUT2D eigenvalue weighted by molar-refractivity contribution is 5.34. The number of hydrogen-bond acceptors (Lipinski definition) is 2. The van der Waals surface area contributed by atoms with Crippen LogP contribution in [-0.2, 0) is 13.6 Å². The van der Waals surface area contributed by atoms with Gasteiger partial charge in [0.15, 0.2) is 0 Å². The van der Waals surface area contributed by atoms with Crippen LogP contribution in [0.5, 0.6) is 0 Å². The maximum Gasteiger partial charge on any atom is 0.0672 e. The number of nitrogens with two attached hydrogens (primary N) is 1. The SMILES string of the molecule is C#Cc1cnn(C)c1CN. The first-order valence-electron chi connectivity index (χ1n) is 2.97. The fourth-order valence-electron chi connectivity index (χ4n) is 0.826.